The molecule has 0 unspecified atom stereocenters. The van der Waals surface area contributed by atoms with Crippen molar-refractivity contribution in [2.24, 2.45) is 7.05 Å². The Morgan fingerprint density at radius 1 is 1.52 bits per heavy atom. The molecular formula is C14H19N5O2. The molecule has 0 saturated carbocycles. The molecule has 0 radical (unpaired) electrons. The third-order valence-corrected chi connectivity index (χ3v) is 3.62. The summed E-state index contributed by atoms with van der Waals surface area (Å²) in [6.45, 7) is 3.96. The minimum Gasteiger partial charge on any atom is -0.367 e. The van der Waals surface area contributed by atoms with Gasteiger partial charge in [-0.2, -0.15) is 0 Å². The Morgan fingerprint density at radius 3 is 3.05 bits per heavy atom. The number of carbonyl (C=O) groups excluding carboxylic acids is 1. The van der Waals surface area contributed by atoms with Crippen LogP contribution >= 0.6 is 0 Å². The van der Waals surface area contributed by atoms with E-state index in [1.165, 1.54) is 0 Å². The Hall–Kier alpha value is -2.15. The van der Waals surface area contributed by atoms with Crippen LogP contribution in [0.15, 0.2) is 24.9 Å². The molecule has 0 spiro atoms. The van der Waals surface area contributed by atoms with Crippen LogP contribution in [0.5, 0.6) is 0 Å². The third-order valence-electron chi connectivity index (χ3n) is 3.62. The second kappa shape index (κ2) is 5.69. The average molecular weight is 289 g/mol. The Kier molecular flexibility index (Phi) is 3.74. The fourth-order valence-electron chi connectivity index (χ4n) is 2.60. The van der Waals surface area contributed by atoms with Gasteiger partial charge in [0.05, 0.1) is 25.2 Å². The van der Waals surface area contributed by atoms with Crippen LogP contribution in [0, 0.1) is 6.92 Å². The van der Waals surface area contributed by atoms with Crippen molar-refractivity contribution in [3.8, 4) is 0 Å². The Balaban J connectivity index is 1.68. The summed E-state index contributed by atoms with van der Waals surface area (Å²) in [6, 6.07) is 0. The monoisotopic (exact) mass is 289 g/mol. The smallest absolute Gasteiger partial charge is 0.242 e. The minimum atomic E-state index is -0.163. The van der Waals surface area contributed by atoms with Gasteiger partial charge in [0.1, 0.15) is 18.5 Å². The number of amides is 1. The van der Waals surface area contributed by atoms with E-state index in [1.807, 2.05) is 29.6 Å². The van der Waals surface area contributed by atoms with Gasteiger partial charge in [0.15, 0.2) is 0 Å². The highest BCUT2D eigenvalue weighted by atomic mass is 16.5. The molecule has 3 rings (SSSR count). The van der Waals surface area contributed by atoms with Crippen LogP contribution in [0.1, 0.15) is 17.6 Å². The lowest BCUT2D eigenvalue weighted by atomic mass is 10.2. The number of carbonyl (C=O) groups is 1. The van der Waals surface area contributed by atoms with Gasteiger partial charge in [0.2, 0.25) is 5.91 Å². The van der Waals surface area contributed by atoms with Gasteiger partial charge in [-0.3, -0.25) is 4.79 Å². The second-order valence-electron chi connectivity index (χ2n) is 5.29. The number of hydrogen-bond acceptors (Lipinski definition) is 4. The summed E-state index contributed by atoms with van der Waals surface area (Å²) >= 11 is 0. The molecule has 1 fully saturated rings. The second-order valence-corrected chi connectivity index (χ2v) is 5.29. The highest BCUT2D eigenvalue weighted by molar-refractivity contribution is 5.76. The standard InChI is InChI=1S/C14H19N5O2/c1-11-7-17(2)14(16-11)12-8-19(5-6-21-12)13(20)9-18-4-3-15-10-18/h3-4,7,10,12H,5-6,8-9H2,1-2H3/t12-/m1/s1. The summed E-state index contributed by atoms with van der Waals surface area (Å²) in [7, 11) is 1.95. The summed E-state index contributed by atoms with van der Waals surface area (Å²) in [5.41, 5.74) is 0.956. The van der Waals surface area contributed by atoms with Crippen molar-refractivity contribution in [3.63, 3.8) is 0 Å². The molecule has 0 aliphatic carbocycles. The van der Waals surface area contributed by atoms with Crippen molar-refractivity contribution in [1.82, 2.24) is 24.0 Å². The van der Waals surface area contributed by atoms with Crippen LogP contribution in [0.3, 0.4) is 0 Å². The number of morpholine rings is 1. The highest BCUT2D eigenvalue weighted by Crippen LogP contribution is 2.21. The lowest BCUT2D eigenvalue weighted by molar-refractivity contribution is -0.140. The van der Waals surface area contributed by atoms with Gasteiger partial charge in [-0.1, -0.05) is 0 Å². The highest BCUT2D eigenvalue weighted by Gasteiger charge is 2.28. The van der Waals surface area contributed by atoms with Crippen molar-refractivity contribution in [2.45, 2.75) is 19.6 Å². The largest absolute Gasteiger partial charge is 0.367 e. The quantitative estimate of drug-likeness (QED) is 0.826. The maximum Gasteiger partial charge on any atom is 0.242 e. The molecular weight excluding hydrogens is 270 g/mol. The first kappa shape index (κ1) is 13.8. The number of aryl methyl sites for hydroxylation is 2. The van der Waals surface area contributed by atoms with E-state index in [9.17, 15) is 4.79 Å². The van der Waals surface area contributed by atoms with Crippen molar-refractivity contribution < 1.29 is 9.53 Å². The number of ether oxygens (including phenoxy) is 1. The van der Waals surface area contributed by atoms with E-state index in [1.54, 1.807) is 23.3 Å². The first-order valence-corrected chi connectivity index (χ1v) is 6.98. The van der Waals surface area contributed by atoms with Gasteiger partial charge in [0.25, 0.3) is 0 Å². The predicted molar refractivity (Wildman–Crippen MR) is 75.4 cm³/mol. The lowest BCUT2D eigenvalue weighted by Crippen LogP contribution is -2.44. The maximum atomic E-state index is 12.3. The third kappa shape index (κ3) is 2.97. The molecule has 1 atom stereocenters. The molecule has 7 heteroatoms. The summed E-state index contributed by atoms with van der Waals surface area (Å²) in [5, 5.41) is 0. The minimum absolute atomic E-state index is 0.0761. The van der Waals surface area contributed by atoms with E-state index in [0.29, 0.717) is 26.2 Å². The zero-order chi connectivity index (χ0) is 14.8. The van der Waals surface area contributed by atoms with E-state index in [0.717, 1.165) is 11.5 Å². The normalized spacial score (nSPS) is 19.0. The lowest BCUT2D eigenvalue weighted by Gasteiger charge is -2.32. The summed E-state index contributed by atoms with van der Waals surface area (Å²) in [6.07, 6.45) is 6.91. The molecule has 21 heavy (non-hydrogen) atoms. The summed E-state index contributed by atoms with van der Waals surface area (Å²) in [4.78, 5) is 22.6. The molecule has 0 aromatic carbocycles. The van der Waals surface area contributed by atoms with E-state index in [2.05, 4.69) is 9.97 Å². The predicted octanol–water partition coefficient (Wildman–Crippen LogP) is 0.525. The molecule has 2 aromatic rings. The molecule has 0 bridgehead atoms. The molecule has 112 valence electrons. The van der Waals surface area contributed by atoms with Crippen LogP contribution in [0.25, 0.3) is 0 Å². The molecule has 3 heterocycles. The number of rotatable bonds is 3. The van der Waals surface area contributed by atoms with E-state index < -0.39 is 0 Å². The van der Waals surface area contributed by atoms with Crippen molar-refractivity contribution in [2.75, 3.05) is 19.7 Å². The zero-order valence-electron chi connectivity index (χ0n) is 12.3. The molecule has 1 amide bonds. The molecule has 1 saturated heterocycles. The zero-order valence-corrected chi connectivity index (χ0v) is 12.3. The molecule has 7 nitrogen and oxygen atoms in total. The van der Waals surface area contributed by atoms with E-state index >= 15 is 0 Å². The van der Waals surface area contributed by atoms with Crippen molar-refractivity contribution in [1.29, 1.82) is 0 Å². The van der Waals surface area contributed by atoms with Crippen molar-refractivity contribution in [3.05, 3.63) is 36.4 Å². The molecule has 1 aliphatic rings. The number of hydrogen-bond donors (Lipinski definition) is 0. The fraction of sp³-hybridized carbons (Fsp3) is 0.500. The number of aromatic nitrogens is 4. The first-order valence-electron chi connectivity index (χ1n) is 6.98. The summed E-state index contributed by atoms with van der Waals surface area (Å²) < 4.78 is 9.52. The fourth-order valence-corrected chi connectivity index (χ4v) is 2.60. The average Bonchev–Trinajstić information content (AvgIpc) is 3.08. The van der Waals surface area contributed by atoms with Gasteiger partial charge in [-0.15, -0.1) is 0 Å². The molecule has 1 aliphatic heterocycles. The van der Waals surface area contributed by atoms with Gasteiger partial charge >= 0.3 is 0 Å². The van der Waals surface area contributed by atoms with E-state index in [4.69, 9.17) is 4.74 Å². The van der Waals surface area contributed by atoms with Gasteiger partial charge in [-0.25, -0.2) is 9.97 Å². The number of nitrogens with zero attached hydrogens (tertiary/aromatic N) is 5. The maximum absolute atomic E-state index is 12.3. The molecule has 0 N–H and O–H groups in total. The van der Waals surface area contributed by atoms with Crippen LogP contribution in [-0.2, 0) is 23.1 Å². The first-order chi connectivity index (χ1) is 10.1. The van der Waals surface area contributed by atoms with Crippen LogP contribution in [0.4, 0.5) is 0 Å². The van der Waals surface area contributed by atoms with Gasteiger partial charge in [-0.05, 0) is 6.92 Å². The topological polar surface area (TPSA) is 65.2 Å². The van der Waals surface area contributed by atoms with Gasteiger partial charge in [0, 0.05) is 32.2 Å². The van der Waals surface area contributed by atoms with Crippen LogP contribution in [0.2, 0.25) is 0 Å². The van der Waals surface area contributed by atoms with Crippen molar-refractivity contribution >= 4 is 5.91 Å². The Bertz CT molecular complexity index is 619. The Morgan fingerprint density at radius 2 is 2.38 bits per heavy atom. The van der Waals surface area contributed by atoms with Gasteiger partial charge < -0.3 is 18.8 Å². The van der Waals surface area contributed by atoms with E-state index in [-0.39, 0.29) is 12.0 Å². The number of imidazole rings is 2. The Labute approximate surface area is 123 Å². The SMILES string of the molecule is Cc1cn(C)c([C@H]2CN(C(=O)Cn3ccnc3)CCO2)n1. The molecule has 2 aromatic heterocycles. The van der Waals surface area contributed by atoms with Crippen LogP contribution in [-0.4, -0.2) is 49.6 Å². The summed E-state index contributed by atoms with van der Waals surface area (Å²) in [5.74, 6) is 0.944. The van der Waals surface area contributed by atoms with Crippen LogP contribution < -0.4 is 0 Å².